The summed E-state index contributed by atoms with van der Waals surface area (Å²) in [5, 5.41) is 0. The van der Waals surface area contributed by atoms with Gasteiger partial charge in [0.05, 0.1) is 6.04 Å². The Balaban J connectivity index is 2.76. The highest BCUT2D eigenvalue weighted by Gasteiger charge is 2.17. The fourth-order valence-corrected chi connectivity index (χ4v) is 1.26. The standard InChI is InChI=1S/C12H17F2NO/c1-12(2,3)16-9-6-4-8(5-7-9)10(15)11(13)14/h4-7,10-11H,15H2,1-3H3/t10-/m1/s1. The van der Waals surface area contributed by atoms with Crippen molar-refractivity contribution in [3.63, 3.8) is 0 Å². The first kappa shape index (κ1) is 12.9. The topological polar surface area (TPSA) is 35.2 Å². The molecule has 4 heteroatoms. The van der Waals surface area contributed by atoms with Gasteiger partial charge in [-0.1, -0.05) is 12.1 Å². The van der Waals surface area contributed by atoms with Gasteiger partial charge >= 0.3 is 0 Å². The van der Waals surface area contributed by atoms with Crippen molar-refractivity contribution in [2.75, 3.05) is 0 Å². The summed E-state index contributed by atoms with van der Waals surface area (Å²) >= 11 is 0. The first-order chi connectivity index (χ1) is 7.29. The maximum absolute atomic E-state index is 12.3. The molecule has 1 rings (SSSR count). The van der Waals surface area contributed by atoms with Crippen molar-refractivity contribution < 1.29 is 13.5 Å². The van der Waals surface area contributed by atoms with Crippen LogP contribution in [0.1, 0.15) is 32.4 Å². The number of rotatable bonds is 3. The Kier molecular flexibility index (Phi) is 3.86. The Labute approximate surface area is 94.4 Å². The predicted octanol–water partition coefficient (Wildman–Crippen LogP) is 3.13. The van der Waals surface area contributed by atoms with Crippen molar-refractivity contribution in [3.8, 4) is 5.75 Å². The fraction of sp³-hybridized carbons (Fsp3) is 0.500. The SMILES string of the molecule is CC(C)(C)Oc1ccc([C@@H](N)C(F)F)cc1. The van der Waals surface area contributed by atoms with E-state index in [0.717, 1.165) is 0 Å². The van der Waals surface area contributed by atoms with Crippen molar-refractivity contribution in [1.82, 2.24) is 0 Å². The number of ether oxygens (including phenoxy) is 1. The third-order valence-corrected chi connectivity index (χ3v) is 1.96. The molecule has 0 spiro atoms. The molecule has 0 radical (unpaired) electrons. The molecule has 2 N–H and O–H groups in total. The van der Waals surface area contributed by atoms with Crippen molar-refractivity contribution in [3.05, 3.63) is 29.8 Å². The zero-order valence-corrected chi connectivity index (χ0v) is 9.71. The molecule has 0 aliphatic rings. The minimum atomic E-state index is -2.55. The Hall–Kier alpha value is -1.16. The molecule has 16 heavy (non-hydrogen) atoms. The molecule has 0 aliphatic carbocycles. The number of halogens is 2. The van der Waals surface area contributed by atoms with Crippen LogP contribution in [0.4, 0.5) is 8.78 Å². The van der Waals surface area contributed by atoms with Gasteiger partial charge in [-0.05, 0) is 38.5 Å². The van der Waals surface area contributed by atoms with E-state index < -0.39 is 12.5 Å². The quantitative estimate of drug-likeness (QED) is 0.864. The van der Waals surface area contributed by atoms with E-state index in [2.05, 4.69) is 0 Å². The molecule has 90 valence electrons. The molecule has 0 fully saturated rings. The van der Waals surface area contributed by atoms with Crippen LogP contribution in [0.3, 0.4) is 0 Å². The Morgan fingerprint density at radius 2 is 1.62 bits per heavy atom. The summed E-state index contributed by atoms with van der Waals surface area (Å²) in [6.07, 6.45) is -2.55. The second kappa shape index (κ2) is 4.78. The second-order valence-corrected chi connectivity index (χ2v) is 4.64. The van der Waals surface area contributed by atoms with E-state index in [1.807, 2.05) is 20.8 Å². The zero-order valence-electron chi connectivity index (χ0n) is 9.71. The summed E-state index contributed by atoms with van der Waals surface area (Å²) in [7, 11) is 0. The number of hydrogen-bond acceptors (Lipinski definition) is 2. The minimum absolute atomic E-state index is 0.299. The lowest BCUT2D eigenvalue weighted by Crippen LogP contribution is -2.23. The van der Waals surface area contributed by atoms with Gasteiger partial charge in [-0.3, -0.25) is 0 Å². The van der Waals surface area contributed by atoms with Crippen LogP contribution in [-0.4, -0.2) is 12.0 Å². The molecule has 0 amide bonds. The highest BCUT2D eigenvalue weighted by molar-refractivity contribution is 5.29. The molecule has 0 unspecified atom stereocenters. The molecular weight excluding hydrogens is 212 g/mol. The molecule has 1 aromatic carbocycles. The average Bonchev–Trinajstić information content (AvgIpc) is 2.15. The summed E-state index contributed by atoms with van der Waals surface area (Å²) < 4.78 is 30.2. The van der Waals surface area contributed by atoms with Gasteiger partial charge in [0.25, 0.3) is 6.43 Å². The van der Waals surface area contributed by atoms with Crippen molar-refractivity contribution in [1.29, 1.82) is 0 Å². The summed E-state index contributed by atoms with van der Waals surface area (Å²) in [6, 6.07) is 5.21. The van der Waals surface area contributed by atoms with Crippen LogP contribution in [0.5, 0.6) is 5.75 Å². The van der Waals surface area contributed by atoms with E-state index in [4.69, 9.17) is 10.5 Å². The van der Waals surface area contributed by atoms with E-state index >= 15 is 0 Å². The van der Waals surface area contributed by atoms with Gasteiger partial charge < -0.3 is 10.5 Å². The molecule has 0 heterocycles. The van der Waals surface area contributed by atoms with Gasteiger partial charge in [0.1, 0.15) is 11.4 Å². The highest BCUT2D eigenvalue weighted by atomic mass is 19.3. The van der Waals surface area contributed by atoms with Crippen LogP contribution >= 0.6 is 0 Å². The Bertz CT molecular complexity index is 330. The van der Waals surface area contributed by atoms with Crippen molar-refractivity contribution in [2.45, 2.75) is 38.8 Å². The summed E-state index contributed by atoms with van der Waals surface area (Å²) in [5.74, 6) is 0.651. The molecule has 2 nitrogen and oxygen atoms in total. The molecule has 0 aliphatic heterocycles. The second-order valence-electron chi connectivity index (χ2n) is 4.64. The van der Waals surface area contributed by atoms with E-state index in [-0.39, 0.29) is 5.60 Å². The Morgan fingerprint density at radius 3 is 2.00 bits per heavy atom. The van der Waals surface area contributed by atoms with E-state index in [1.165, 1.54) is 0 Å². The maximum Gasteiger partial charge on any atom is 0.257 e. The molecule has 0 saturated heterocycles. The van der Waals surface area contributed by atoms with Gasteiger partial charge in [-0.25, -0.2) is 8.78 Å². The number of hydrogen-bond donors (Lipinski definition) is 1. The normalized spacial score (nSPS) is 13.9. The summed E-state index contributed by atoms with van der Waals surface area (Å²) in [6.45, 7) is 5.77. The van der Waals surface area contributed by atoms with Crippen molar-refractivity contribution >= 4 is 0 Å². The highest BCUT2D eigenvalue weighted by Crippen LogP contribution is 2.23. The van der Waals surface area contributed by atoms with Crippen LogP contribution in [0.25, 0.3) is 0 Å². The number of alkyl halides is 2. The smallest absolute Gasteiger partial charge is 0.257 e. The van der Waals surface area contributed by atoms with Crippen LogP contribution in [0.15, 0.2) is 24.3 Å². The van der Waals surface area contributed by atoms with Crippen LogP contribution in [-0.2, 0) is 0 Å². The third kappa shape index (κ3) is 3.77. The van der Waals surface area contributed by atoms with Gasteiger partial charge in [-0.15, -0.1) is 0 Å². The lowest BCUT2D eigenvalue weighted by atomic mass is 10.1. The van der Waals surface area contributed by atoms with Crippen LogP contribution < -0.4 is 10.5 Å². The third-order valence-electron chi connectivity index (χ3n) is 1.96. The monoisotopic (exact) mass is 229 g/mol. The van der Waals surface area contributed by atoms with Crippen LogP contribution in [0.2, 0.25) is 0 Å². The lowest BCUT2D eigenvalue weighted by Gasteiger charge is -2.21. The average molecular weight is 229 g/mol. The first-order valence-corrected chi connectivity index (χ1v) is 5.12. The minimum Gasteiger partial charge on any atom is -0.488 e. The molecule has 1 aromatic rings. The van der Waals surface area contributed by atoms with Crippen LogP contribution in [0, 0.1) is 0 Å². The largest absolute Gasteiger partial charge is 0.488 e. The molecule has 0 bridgehead atoms. The molecule has 0 aromatic heterocycles. The Morgan fingerprint density at radius 1 is 1.12 bits per heavy atom. The van der Waals surface area contributed by atoms with Gasteiger partial charge in [-0.2, -0.15) is 0 Å². The first-order valence-electron chi connectivity index (χ1n) is 5.12. The maximum atomic E-state index is 12.3. The van der Waals surface area contributed by atoms with Gasteiger partial charge in [0, 0.05) is 0 Å². The zero-order chi connectivity index (χ0) is 12.3. The van der Waals surface area contributed by atoms with E-state index in [9.17, 15) is 8.78 Å². The van der Waals surface area contributed by atoms with E-state index in [1.54, 1.807) is 24.3 Å². The molecule has 1 atom stereocenters. The van der Waals surface area contributed by atoms with Gasteiger partial charge in [0.2, 0.25) is 0 Å². The fourth-order valence-electron chi connectivity index (χ4n) is 1.26. The summed E-state index contributed by atoms with van der Waals surface area (Å²) in [4.78, 5) is 0. The molecular formula is C12H17F2NO. The predicted molar refractivity (Wildman–Crippen MR) is 59.8 cm³/mol. The molecule has 0 saturated carbocycles. The van der Waals surface area contributed by atoms with E-state index in [0.29, 0.717) is 11.3 Å². The number of benzene rings is 1. The summed E-state index contributed by atoms with van der Waals surface area (Å²) in [5.41, 5.74) is 5.44. The lowest BCUT2D eigenvalue weighted by molar-refractivity contribution is 0.116. The van der Waals surface area contributed by atoms with Gasteiger partial charge in [0.15, 0.2) is 0 Å². The van der Waals surface area contributed by atoms with Crippen molar-refractivity contribution in [2.24, 2.45) is 5.73 Å². The number of nitrogens with two attached hydrogens (primary N) is 1.